The Morgan fingerprint density at radius 2 is 2.00 bits per heavy atom. The topological polar surface area (TPSA) is 9.23 Å². The first-order valence-corrected chi connectivity index (χ1v) is 5.88. The molecule has 0 spiro atoms. The molecular formula is C11H18OSi. The van der Waals surface area contributed by atoms with E-state index >= 15 is 0 Å². The highest BCUT2D eigenvalue weighted by atomic mass is 28.1. The third-order valence-corrected chi connectivity index (χ3v) is 3.28. The van der Waals surface area contributed by atoms with Crippen molar-refractivity contribution in [1.82, 2.24) is 0 Å². The van der Waals surface area contributed by atoms with E-state index in [2.05, 4.69) is 24.3 Å². The Labute approximate surface area is 83.5 Å². The zero-order chi connectivity index (χ0) is 9.52. The van der Waals surface area contributed by atoms with E-state index < -0.39 is 0 Å². The van der Waals surface area contributed by atoms with Crippen molar-refractivity contribution in [3.05, 3.63) is 29.8 Å². The molecule has 2 heteroatoms. The standard InChI is InChI=1S/C11H18OSi/c1-12-9-5-4-7-10-6-2-3-8-11(10)13/h2-3,6,8H,4-5,7,9H2,1,13H3. The Morgan fingerprint density at radius 1 is 1.23 bits per heavy atom. The summed E-state index contributed by atoms with van der Waals surface area (Å²) in [6, 6.07) is 8.74. The van der Waals surface area contributed by atoms with Crippen molar-refractivity contribution in [3.63, 3.8) is 0 Å². The lowest BCUT2D eigenvalue weighted by atomic mass is 10.1. The Morgan fingerprint density at radius 3 is 2.69 bits per heavy atom. The Bertz CT molecular complexity index is 248. The van der Waals surface area contributed by atoms with E-state index in [0.717, 1.165) is 16.8 Å². The summed E-state index contributed by atoms with van der Waals surface area (Å²) >= 11 is 0. The summed E-state index contributed by atoms with van der Waals surface area (Å²) in [5, 5.41) is 1.54. The molecule has 0 saturated heterocycles. The average Bonchev–Trinajstić information content (AvgIpc) is 2.15. The normalized spacial score (nSPS) is 10.5. The second-order valence-electron chi connectivity index (χ2n) is 3.38. The summed E-state index contributed by atoms with van der Waals surface area (Å²) in [5.41, 5.74) is 1.53. The lowest BCUT2D eigenvalue weighted by molar-refractivity contribution is 0.193. The molecule has 1 aromatic carbocycles. The van der Waals surface area contributed by atoms with Crippen molar-refractivity contribution in [2.24, 2.45) is 0 Å². The number of benzene rings is 1. The molecule has 0 aliphatic rings. The van der Waals surface area contributed by atoms with Gasteiger partial charge < -0.3 is 4.74 Å². The predicted octanol–water partition coefficient (Wildman–Crippen LogP) is 0.646. The second-order valence-corrected chi connectivity index (χ2v) is 4.45. The second kappa shape index (κ2) is 5.94. The van der Waals surface area contributed by atoms with Crippen LogP contribution in [0.5, 0.6) is 0 Å². The first kappa shape index (κ1) is 10.5. The predicted molar refractivity (Wildman–Crippen MR) is 60.8 cm³/mol. The van der Waals surface area contributed by atoms with Gasteiger partial charge in [0.1, 0.15) is 0 Å². The maximum Gasteiger partial charge on any atom is 0.0462 e. The van der Waals surface area contributed by atoms with Crippen LogP contribution in [0.15, 0.2) is 24.3 Å². The summed E-state index contributed by atoms with van der Waals surface area (Å²) < 4.78 is 5.02. The monoisotopic (exact) mass is 194 g/mol. The van der Waals surface area contributed by atoms with Crippen molar-refractivity contribution in [3.8, 4) is 0 Å². The van der Waals surface area contributed by atoms with Crippen molar-refractivity contribution >= 4 is 15.4 Å². The van der Waals surface area contributed by atoms with E-state index in [1.54, 1.807) is 12.3 Å². The molecule has 0 heterocycles. The van der Waals surface area contributed by atoms with Gasteiger partial charge in [0.2, 0.25) is 0 Å². The fourth-order valence-corrected chi connectivity index (χ4v) is 2.06. The van der Waals surface area contributed by atoms with Crippen LogP contribution in [0.3, 0.4) is 0 Å². The third-order valence-electron chi connectivity index (χ3n) is 2.31. The molecular weight excluding hydrogens is 176 g/mol. The van der Waals surface area contributed by atoms with E-state index in [0.29, 0.717) is 0 Å². The van der Waals surface area contributed by atoms with Crippen LogP contribution in [0.25, 0.3) is 0 Å². The van der Waals surface area contributed by atoms with Crippen molar-refractivity contribution in [1.29, 1.82) is 0 Å². The number of rotatable bonds is 5. The lowest BCUT2D eigenvalue weighted by Crippen LogP contribution is -2.09. The fourth-order valence-electron chi connectivity index (χ4n) is 1.45. The SMILES string of the molecule is COCCCCc1ccccc1[SiH3]. The fraction of sp³-hybridized carbons (Fsp3) is 0.455. The van der Waals surface area contributed by atoms with Gasteiger partial charge in [0.25, 0.3) is 0 Å². The van der Waals surface area contributed by atoms with Crippen LogP contribution in [0.1, 0.15) is 18.4 Å². The maximum atomic E-state index is 5.02. The minimum absolute atomic E-state index is 0.892. The summed E-state index contributed by atoms with van der Waals surface area (Å²) in [4.78, 5) is 0. The molecule has 0 aliphatic heterocycles. The van der Waals surface area contributed by atoms with Crippen LogP contribution in [-0.4, -0.2) is 24.0 Å². The third kappa shape index (κ3) is 3.74. The molecule has 1 rings (SSSR count). The van der Waals surface area contributed by atoms with Crippen LogP contribution in [0.2, 0.25) is 0 Å². The zero-order valence-corrected chi connectivity index (χ0v) is 10.5. The molecule has 0 amide bonds. The number of aryl methyl sites for hydroxylation is 1. The van der Waals surface area contributed by atoms with Gasteiger partial charge in [-0.1, -0.05) is 29.5 Å². The van der Waals surface area contributed by atoms with Gasteiger partial charge in [0.15, 0.2) is 0 Å². The quantitative estimate of drug-likeness (QED) is 0.494. The van der Waals surface area contributed by atoms with Gasteiger partial charge >= 0.3 is 0 Å². The molecule has 0 fully saturated rings. The van der Waals surface area contributed by atoms with Crippen LogP contribution in [0, 0.1) is 0 Å². The largest absolute Gasteiger partial charge is 0.385 e. The molecule has 0 aliphatic carbocycles. The van der Waals surface area contributed by atoms with Gasteiger partial charge in [-0.3, -0.25) is 0 Å². The summed E-state index contributed by atoms with van der Waals surface area (Å²) in [5.74, 6) is 0. The highest BCUT2D eigenvalue weighted by Gasteiger charge is 1.95. The zero-order valence-electron chi connectivity index (χ0n) is 8.55. The molecule has 0 saturated carbocycles. The molecule has 0 atom stereocenters. The van der Waals surface area contributed by atoms with E-state index in [4.69, 9.17) is 4.74 Å². The van der Waals surface area contributed by atoms with Gasteiger partial charge in [0.05, 0.1) is 0 Å². The number of ether oxygens (including phenoxy) is 1. The van der Waals surface area contributed by atoms with E-state index in [-0.39, 0.29) is 0 Å². The molecule has 0 N–H and O–H groups in total. The lowest BCUT2D eigenvalue weighted by Gasteiger charge is -2.04. The minimum atomic E-state index is 0.892. The van der Waals surface area contributed by atoms with Gasteiger partial charge in [-0.05, 0) is 24.8 Å². The van der Waals surface area contributed by atoms with Crippen molar-refractivity contribution in [2.45, 2.75) is 19.3 Å². The van der Waals surface area contributed by atoms with Crippen LogP contribution in [0.4, 0.5) is 0 Å². The Kier molecular flexibility index (Phi) is 4.79. The summed E-state index contributed by atoms with van der Waals surface area (Å²) in [7, 11) is 2.93. The Balaban J connectivity index is 2.32. The first-order chi connectivity index (χ1) is 6.34. The molecule has 1 nitrogen and oxygen atoms in total. The summed E-state index contributed by atoms with van der Waals surface area (Å²) in [6.07, 6.45) is 3.63. The minimum Gasteiger partial charge on any atom is -0.385 e. The maximum absolute atomic E-state index is 5.02. The van der Waals surface area contributed by atoms with E-state index in [1.807, 2.05) is 0 Å². The number of hydrogen-bond donors (Lipinski definition) is 0. The first-order valence-electron chi connectivity index (χ1n) is 4.88. The van der Waals surface area contributed by atoms with Crippen molar-refractivity contribution in [2.75, 3.05) is 13.7 Å². The van der Waals surface area contributed by atoms with Gasteiger partial charge in [0, 0.05) is 24.0 Å². The molecule has 0 bridgehead atoms. The van der Waals surface area contributed by atoms with Crippen LogP contribution in [-0.2, 0) is 11.2 Å². The van der Waals surface area contributed by atoms with Crippen molar-refractivity contribution < 1.29 is 4.74 Å². The van der Waals surface area contributed by atoms with Crippen LogP contribution >= 0.6 is 0 Å². The number of hydrogen-bond acceptors (Lipinski definition) is 1. The molecule has 0 unspecified atom stereocenters. The molecule has 0 aromatic heterocycles. The van der Waals surface area contributed by atoms with Crippen LogP contribution < -0.4 is 5.19 Å². The van der Waals surface area contributed by atoms with Gasteiger partial charge in [-0.2, -0.15) is 0 Å². The molecule has 13 heavy (non-hydrogen) atoms. The van der Waals surface area contributed by atoms with E-state index in [9.17, 15) is 0 Å². The molecule has 0 radical (unpaired) electrons. The highest BCUT2D eigenvalue weighted by molar-refractivity contribution is 6.33. The molecule has 1 aromatic rings. The van der Waals surface area contributed by atoms with Gasteiger partial charge in [-0.25, -0.2) is 0 Å². The smallest absolute Gasteiger partial charge is 0.0462 e. The van der Waals surface area contributed by atoms with E-state index in [1.165, 1.54) is 24.8 Å². The van der Waals surface area contributed by atoms with Gasteiger partial charge in [-0.15, -0.1) is 0 Å². The summed E-state index contributed by atoms with van der Waals surface area (Å²) in [6.45, 7) is 0.892. The number of unbranched alkanes of at least 4 members (excludes halogenated alkanes) is 1. The molecule has 72 valence electrons. The Hall–Kier alpha value is -0.603. The highest BCUT2D eigenvalue weighted by Crippen LogP contribution is 2.01. The average molecular weight is 194 g/mol. The number of methoxy groups -OCH3 is 1.